The van der Waals surface area contributed by atoms with E-state index in [9.17, 15) is 5.11 Å². The summed E-state index contributed by atoms with van der Waals surface area (Å²) in [6.07, 6.45) is -0.618. The van der Waals surface area contributed by atoms with Gasteiger partial charge in [0.25, 0.3) is 0 Å². The van der Waals surface area contributed by atoms with Crippen LogP contribution in [0.1, 0.15) is 17.2 Å². The normalized spacial score (nSPS) is 12.7. The van der Waals surface area contributed by atoms with Gasteiger partial charge in [-0.15, -0.1) is 0 Å². The molecule has 0 aliphatic carbocycles. The van der Waals surface area contributed by atoms with E-state index in [0.717, 1.165) is 11.1 Å². The van der Waals surface area contributed by atoms with Crippen LogP contribution in [-0.2, 0) is 6.54 Å². The first-order valence-electron chi connectivity index (χ1n) is 6.38. The Labute approximate surface area is 139 Å². The Morgan fingerprint density at radius 2 is 1.95 bits per heavy atom. The minimum absolute atomic E-state index is 0.366. The van der Waals surface area contributed by atoms with Crippen molar-refractivity contribution in [2.75, 3.05) is 13.6 Å². The lowest BCUT2D eigenvalue weighted by Crippen LogP contribution is -2.24. The van der Waals surface area contributed by atoms with Gasteiger partial charge in [0.1, 0.15) is 10.3 Å². The summed E-state index contributed by atoms with van der Waals surface area (Å²) in [5.41, 5.74) is 1.65. The molecule has 2 aromatic rings. The van der Waals surface area contributed by atoms with Gasteiger partial charge in [0.15, 0.2) is 0 Å². The summed E-state index contributed by atoms with van der Waals surface area (Å²) in [7, 11) is 1.90. The molecule has 0 fully saturated rings. The number of aromatic nitrogens is 1. The van der Waals surface area contributed by atoms with Gasteiger partial charge >= 0.3 is 0 Å². The molecule has 1 heterocycles. The van der Waals surface area contributed by atoms with Crippen LogP contribution in [0.4, 0.5) is 0 Å². The predicted octanol–water partition coefficient (Wildman–Crippen LogP) is 4.21. The molecule has 2 rings (SSSR count). The summed E-state index contributed by atoms with van der Waals surface area (Å²) in [4.78, 5) is 5.96. The Morgan fingerprint density at radius 3 is 2.62 bits per heavy atom. The van der Waals surface area contributed by atoms with Crippen molar-refractivity contribution in [2.45, 2.75) is 12.6 Å². The number of halogens is 3. The highest BCUT2D eigenvalue weighted by atomic mass is 35.5. The quantitative estimate of drug-likeness (QED) is 0.825. The van der Waals surface area contributed by atoms with Crippen LogP contribution in [0.15, 0.2) is 36.4 Å². The summed E-state index contributed by atoms with van der Waals surface area (Å²) < 4.78 is 0. The van der Waals surface area contributed by atoms with Crippen LogP contribution in [-0.4, -0.2) is 28.6 Å². The van der Waals surface area contributed by atoms with E-state index in [1.807, 2.05) is 30.1 Å². The van der Waals surface area contributed by atoms with Gasteiger partial charge in [-0.25, -0.2) is 4.98 Å². The van der Waals surface area contributed by atoms with E-state index in [2.05, 4.69) is 4.98 Å². The molecule has 0 bridgehead atoms. The van der Waals surface area contributed by atoms with E-state index >= 15 is 0 Å². The van der Waals surface area contributed by atoms with Gasteiger partial charge in [0.2, 0.25) is 0 Å². The van der Waals surface area contributed by atoms with Crippen molar-refractivity contribution in [3.8, 4) is 0 Å². The first-order valence-corrected chi connectivity index (χ1v) is 7.52. The lowest BCUT2D eigenvalue weighted by molar-refractivity contribution is 0.124. The van der Waals surface area contributed by atoms with Crippen molar-refractivity contribution in [1.29, 1.82) is 0 Å². The molecule has 0 saturated carbocycles. The molecule has 0 aliphatic heterocycles. The molecule has 0 radical (unpaired) electrons. The molecule has 1 atom stereocenters. The third-order valence-electron chi connectivity index (χ3n) is 3.05. The largest absolute Gasteiger partial charge is 0.387 e. The molecule has 0 aliphatic rings. The maximum Gasteiger partial charge on any atom is 0.135 e. The van der Waals surface area contributed by atoms with Gasteiger partial charge in [-0.2, -0.15) is 0 Å². The van der Waals surface area contributed by atoms with Gasteiger partial charge in [0.05, 0.1) is 6.10 Å². The van der Waals surface area contributed by atoms with Crippen molar-refractivity contribution in [1.82, 2.24) is 9.88 Å². The third kappa shape index (κ3) is 4.83. The predicted molar refractivity (Wildman–Crippen MR) is 87.0 cm³/mol. The first kappa shape index (κ1) is 16.5. The fourth-order valence-electron chi connectivity index (χ4n) is 2.03. The summed E-state index contributed by atoms with van der Waals surface area (Å²) in [6, 6.07) is 10.7. The highest BCUT2D eigenvalue weighted by Crippen LogP contribution is 2.21. The van der Waals surface area contributed by atoms with Gasteiger partial charge < -0.3 is 5.11 Å². The van der Waals surface area contributed by atoms with Gasteiger partial charge in [-0.05, 0) is 30.8 Å². The minimum Gasteiger partial charge on any atom is -0.387 e. The second-order valence-corrected chi connectivity index (χ2v) is 6.03. The summed E-state index contributed by atoms with van der Waals surface area (Å²) in [5, 5.41) is 11.6. The number of benzene rings is 1. The fraction of sp³-hybridized carbons (Fsp3) is 0.267. The van der Waals surface area contributed by atoms with Crippen LogP contribution in [0, 0.1) is 0 Å². The number of rotatable bonds is 5. The highest BCUT2D eigenvalue weighted by molar-refractivity contribution is 6.32. The molecular weight excluding hydrogens is 331 g/mol. The zero-order chi connectivity index (χ0) is 15.4. The van der Waals surface area contributed by atoms with Gasteiger partial charge in [0, 0.05) is 23.7 Å². The number of nitrogens with zero attached hydrogens (tertiary/aromatic N) is 2. The Kier molecular flexibility index (Phi) is 5.85. The molecule has 112 valence electrons. The molecule has 21 heavy (non-hydrogen) atoms. The average Bonchev–Trinajstić information content (AvgIpc) is 2.42. The number of aliphatic hydroxyl groups excluding tert-OH is 1. The molecular formula is C15H15Cl3N2O. The molecule has 0 amide bonds. The molecule has 1 N–H and O–H groups in total. The smallest absolute Gasteiger partial charge is 0.135 e. The van der Waals surface area contributed by atoms with Crippen molar-refractivity contribution in [3.63, 3.8) is 0 Å². The third-order valence-corrected chi connectivity index (χ3v) is 3.82. The van der Waals surface area contributed by atoms with Crippen LogP contribution >= 0.6 is 34.8 Å². The maximum atomic E-state index is 10.2. The van der Waals surface area contributed by atoms with Gasteiger partial charge in [-0.3, -0.25) is 4.90 Å². The van der Waals surface area contributed by atoms with Crippen LogP contribution in [0.3, 0.4) is 0 Å². The Hall–Kier alpha value is -0.840. The SMILES string of the molecule is CN(Cc1ccc(Cl)nc1Cl)C[C@H](O)c1cccc(Cl)c1. The topological polar surface area (TPSA) is 36.4 Å². The Balaban J connectivity index is 1.99. The van der Waals surface area contributed by atoms with Gasteiger partial charge in [-0.1, -0.05) is 53.0 Å². The second-order valence-electron chi connectivity index (χ2n) is 4.85. The summed E-state index contributed by atoms with van der Waals surface area (Å²) in [5.74, 6) is 0. The Bertz CT molecular complexity index is 622. The first-order chi connectivity index (χ1) is 9.95. The van der Waals surface area contributed by atoms with E-state index in [1.54, 1.807) is 18.2 Å². The summed E-state index contributed by atoms with van der Waals surface area (Å²) in [6.45, 7) is 1.03. The molecule has 1 aromatic heterocycles. The monoisotopic (exact) mass is 344 g/mol. The van der Waals surface area contributed by atoms with Crippen molar-refractivity contribution < 1.29 is 5.11 Å². The number of hydrogen-bond donors (Lipinski definition) is 1. The highest BCUT2D eigenvalue weighted by Gasteiger charge is 2.13. The zero-order valence-electron chi connectivity index (χ0n) is 11.4. The van der Waals surface area contributed by atoms with Crippen molar-refractivity contribution in [3.05, 3.63) is 62.9 Å². The fourth-order valence-corrected chi connectivity index (χ4v) is 2.63. The molecule has 3 nitrogen and oxygen atoms in total. The zero-order valence-corrected chi connectivity index (χ0v) is 13.7. The van der Waals surface area contributed by atoms with Crippen LogP contribution in [0.25, 0.3) is 0 Å². The van der Waals surface area contributed by atoms with Crippen molar-refractivity contribution in [2.24, 2.45) is 0 Å². The molecule has 0 unspecified atom stereocenters. The van der Waals surface area contributed by atoms with E-state index in [-0.39, 0.29) is 0 Å². The number of aliphatic hydroxyl groups is 1. The lowest BCUT2D eigenvalue weighted by Gasteiger charge is -2.21. The van der Waals surface area contributed by atoms with E-state index < -0.39 is 6.10 Å². The molecule has 0 spiro atoms. The number of hydrogen-bond acceptors (Lipinski definition) is 3. The minimum atomic E-state index is -0.618. The molecule has 1 aromatic carbocycles. The van der Waals surface area contributed by atoms with Crippen molar-refractivity contribution >= 4 is 34.8 Å². The molecule has 6 heteroatoms. The molecule has 0 saturated heterocycles. The lowest BCUT2D eigenvalue weighted by atomic mass is 10.1. The Morgan fingerprint density at radius 1 is 1.19 bits per heavy atom. The summed E-state index contributed by atoms with van der Waals surface area (Å²) >= 11 is 17.7. The van der Waals surface area contributed by atoms with Crippen LogP contribution < -0.4 is 0 Å². The van der Waals surface area contributed by atoms with Crippen LogP contribution in [0.2, 0.25) is 15.3 Å². The second kappa shape index (κ2) is 7.43. The average molecular weight is 346 g/mol. The van der Waals surface area contributed by atoms with E-state index in [4.69, 9.17) is 34.8 Å². The van der Waals surface area contributed by atoms with E-state index in [1.165, 1.54) is 0 Å². The van der Waals surface area contributed by atoms with E-state index in [0.29, 0.717) is 28.4 Å². The van der Waals surface area contributed by atoms with Crippen LogP contribution in [0.5, 0.6) is 0 Å². The number of pyridine rings is 1. The number of likely N-dealkylation sites (N-methyl/N-ethyl adjacent to an activating group) is 1. The standard InChI is InChI=1S/C15H15Cl3N2O/c1-20(8-11-5-6-14(17)19-15(11)18)9-13(21)10-3-2-4-12(16)7-10/h2-7,13,21H,8-9H2,1H3/t13-/m0/s1. The maximum absolute atomic E-state index is 10.2.